The van der Waals surface area contributed by atoms with Gasteiger partial charge in [-0.3, -0.25) is 0 Å². The molecule has 0 radical (unpaired) electrons. The first-order valence-corrected chi connectivity index (χ1v) is 9.28. The standard InChI is InChI=1S/C19H28BN3O4/c1-14-19(5,6)27-20(26-14)15-7-8-16(21-13-15)22-9-11-23(12-10-22)17(24)25-18(2,3)4/h7-8,13H,1,9-12H2,2-6H3. The van der Waals surface area contributed by atoms with Gasteiger partial charge in [0, 0.05) is 37.8 Å². The number of hydrogen-bond acceptors (Lipinski definition) is 6. The average Bonchev–Trinajstić information content (AvgIpc) is 2.87. The number of ether oxygens (including phenoxy) is 1. The van der Waals surface area contributed by atoms with E-state index in [2.05, 4.69) is 16.5 Å². The number of amides is 1. The van der Waals surface area contributed by atoms with Crippen LogP contribution >= 0.6 is 0 Å². The molecule has 8 heteroatoms. The normalized spacial score (nSPS) is 19.9. The summed E-state index contributed by atoms with van der Waals surface area (Å²) in [5.74, 6) is 1.49. The molecule has 7 nitrogen and oxygen atoms in total. The fraction of sp³-hybridized carbons (Fsp3) is 0.579. The van der Waals surface area contributed by atoms with Crippen molar-refractivity contribution >= 4 is 24.5 Å². The van der Waals surface area contributed by atoms with Gasteiger partial charge in [0.15, 0.2) is 0 Å². The van der Waals surface area contributed by atoms with Crippen molar-refractivity contribution < 1.29 is 18.8 Å². The number of anilines is 1. The Labute approximate surface area is 161 Å². The second kappa shape index (κ2) is 7.07. The van der Waals surface area contributed by atoms with Gasteiger partial charge in [0.25, 0.3) is 0 Å². The van der Waals surface area contributed by atoms with Crippen LogP contribution in [0.15, 0.2) is 30.7 Å². The van der Waals surface area contributed by atoms with Gasteiger partial charge in [-0.05, 0) is 40.7 Å². The maximum Gasteiger partial charge on any atom is 0.564 e. The summed E-state index contributed by atoms with van der Waals surface area (Å²) in [5, 5.41) is 0. The van der Waals surface area contributed by atoms with E-state index >= 15 is 0 Å². The predicted octanol–water partition coefficient (Wildman–Crippen LogP) is 2.17. The molecule has 27 heavy (non-hydrogen) atoms. The van der Waals surface area contributed by atoms with Crippen molar-refractivity contribution in [2.75, 3.05) is 31.1 Å². The maximum atomic E-state index is 12.2. The summed E-state index contributed by atoms with van der Waals surface area (Å²) < 4.78 is 17.0. The van der Waals surface area contributed by atoms with Crippen molar-refractivity contribution in [2.45, 2.75) is 45.8 Å². The van der Waals surface area contributed by atoms with E-state index < -0.39 is 18.3 Å². The molecule has 2 aliphatic heterocycles. The molecule has 2 fully saturated rings. The highest BCUT2D eigenvalue weighted by atomic mass is 16.7. The van der Waals surface area contributed by atoms with Crippen molar-refractivity contribution in [1.82, 2.24) is 9.88 Å². The lowest BCUT2D eigenvalue weighted by Gasteiger charge is -2.36. The molecule has 146 valence electrons. The Hall–Kier alpha value is -2.22. The zero-order valence-corrected chi connectivity index (χ0v) is 16.8. The van der Waals surface area contributed by atoms with E-state index in [1.807, 2.05) is 46.8 Å². The SMILES string of the molecule is C=C1OB(c2ccc(N3CCN(C(=O)OC(C)(C)C)CC3)nc2)OC1(C)C. The lowest BCUT2D eigenvalue weighted by atomic mass is 9.80. The fourth-order valence-electron chi connectivity index (χ4n) is 2.93. The summed E-state index contributed by atoms with van der Waals surface area (Å²) in [6, 6.07) is 3.92. The quantitative estimate of drug-likeness (QED) is 0.741. The second-order valence-electron chi connectivity index (χ2n) is 8.41. The zero-order chi connectivity index (χ0) is 19.8. The fourth-order valence-corrected chi connectivity index (χ4v) is 2.93. The first-order chi connectivity index (χ1) is 12.5. The number of pyridine rings is 1. The van der Waals surface area contributed by atoms with Crippen LogP contribution in [0.2, 0.25) is 0 Å². The molecule has 0 aromatic carbocycles. The molecule has 3 rings (SSSR count). The van der Waals surface area contributed by atoms with E-state index in [0.29, 0.717) is 31.9 Å². The Balaban J connectivity index is 1.56. The van der Waals surface area contributed by atoms with Crippen LogP contribution in [-0.2, 0) is 14.0 Å². The first kappa shape index (κ1) is 19.5. The third-order valence-electron chi connectivity index (χ3n) is 4.62. The molecule has 0 saturated carbocycles. The lowest BCUT2D eigenvalue weighted by Crippen LogP contribution is -2.50. The van der Waals surface area contributed by atoms with E-state index in [1.54, 1.807) is 11.1 Å². The summed E-state index contributed by atoms with van der Waals surface area (Å²) in [6.07, 6.45) is 1.51. The predicted molar refractivity (Wildman–Crippen MR) is 105 cm³/mol. The number of piperazine rings is 1. The molecular formula is C19H28BN3O4. The van der Waals surface area contributed by atoms with Crippen LogP contribution in [0.5, 0.6) is 0 Å². The third kappa shape index (κ3) is 4.55. The van der Waals surface area contributed by atoms with E-state index in [4.69, 9.17) is 14.0 Å². The molecule has 0 spiro atoms. The van der Waals surface area contributed by atoms with Crippen molar-refractivity contribution in [1.29, 1.82) is 0 Å². The van der Waals surface area contributed by atoms with Crippen LogP contribution < -0.4 is 10.4 Å². The Kier molecular flexibility index (Phi) is 5.12. The van der Waals surface area contributed by atoms with Crippen LogP contribution in [-0.4, -0.2) is 60.5 Å². The van der Waals surface area contributed by atoms with Crippen LogP contribution in [0.25, 0.3) is 0 Å². The highest BCUT2D eigenvalue weighted by molar-refractivity contribution is 6.62. The molecule has 0 atom stereocenters. The Morgan fingerprint density at radius 1 is 1.26 bits per heavy atom. The van der Waals surface area contributed by atoms with Gasteiger partial charge in [0.2, 0.25) is 0 Å². The second-order valence-corrected chi connectivity index (χ2v) is 8.41. The van der Waals surface area contributed by atoms with E-state index in [9.17, 15) is 4.79 Å². The molecule has 0 bridgehead atoms. The van der Waals surface area contributed by atoms with Gasteiger partial charge in [0.1, 0.15) is 17.0 Å². The van der Waals surface area contributed by atoms with Gasteiger partial charge in [-0.2, -0.15) is 0 Å². The number of aromatic nitrogens is 1. The Morgan fingerprint density at radius 3 is 2.41 bits per heavy atom. The van der Waals surface area contributed by atoms with Crippen LogP contribution in [0.3, 0.4) is 0 Å². The summed E-state index contributed by atoms with van der Waals surface area (Å²) >= 11 is 0. The van der Waals surface area contributed by atoms with E-state index in [0.717, 1.165) is 11.3 Å². The van der Waals surface area contributed by atoms with Crippen molar-refractivity contribution in [3.05, 3.63) is 30.7 Å². The highest BCUT2D eigenvalue weighted by Crippen LogP contribution is 2.29. The molecule has 1 aromatic rings. The summed E-state index contributed by atoms with van der Waals surface area (Å²) in [5.41, 5.74) is -0.116. The molecular weight excluding hydrogens is 345 g/mol. The van der Waals surface area contributed by atoms with Crippen molar-refractivity contribution in [3.63, 3.8) is 0 Å². The van der Waals surface area contributed by atoms with Gasteiger partial charge in [-0.15, -0.1) is 0 Å². The minimum absolute atomic E-state index is 0.260. The average molecular weight is 373 g/mol. The third-order valence-corrected chi connectivity index (χ3v) is 4.62. The van der Waals surface area contributed by atoms with E-state index in [-0.39, 0.29) is 6.09 Å². The smallest absolute Gasteiger partial charge is 0.534 e. The molecule has 2 aliphatic rings. The molecule has 0 aliphatic carbocycles. The van der Waals surface area contributed by atoms with Crippen LogP contribution in [0.4, 0.5) is 10.6 Å². The van der Waals surface area contributed by atoms with E-state index in [1.165, 1.54) is 0 Å². The van der Waals surface area contributed by atoms with Gasteiger partial charge in [-0.25, -0.2) is 9.78 Å². The molecule has 3 heterocycles. The van der Waals surface area contributed by atoms with Crippen LogP contribution in [0, 0.1) is 0 Å². The van der Waals surface area contributed by atoms with Gasteiger partial charge < -0.3 is 23.8 Å². The molecule has 2 saturated heterocycles. The van der Waals surface area contributed by atoms with Gasteiger partial charge >= 0.3 is 13.2 Å². The van der Waals surface area contributed by atoms with Crippen LogP contribution in [0.1, 0.15) is 34.6 Å². The van der Waals surface area contributed by atoms with Crippen molar-refractivity contribution in [3.8, 4) is 0 Å². The maximum absolute atomic E-state index is 12.2. The Morgan fingerprint density at radius 2 is 1.93 bits per heavy atom. The number of rotatable bonds is 2. The topological polar surface area (TPSA) is 64.1 Å². The Bertz CT molecular complexity index is 707. The largest absolute Gasteiger partial charge is 0.564 e. The summed E-state index contributed by atoms with van der Waals surface area (Å²) in [4.78, 5) is 20.6. The number of carbonyl (C=O) groups excluding carboxylic acids is 1. The lowest BCUT2D eigenvalue weighted by molar-refractivity contribution is 0.0240. The number of hydrogen-bond donors (Lipinski definition) is 0. The number of nitrogens with zero attached hydrogens (tertiary/aromatic N) is 3. The molecule has 1 amide bonds. The van der Waals surface area contributed by atoms with Gasteiger partial charge in [0.05, 0.1) is 5.76 Å². The highest BCUT2D eigenvalue weighted by Gasteiger charge is 2.43. The zero-order valence-electron chi connectivity index (χ0n) is 16.8. The number of carbonyl (C=O) groups is 1. The molecule has 1 aromatic heterocycles. The van der Waals surface area contributed by atoms with Crippen molar-refractivity contribution in [2.24, 2.45) is 0 Å². The first-order valence-electron chi connectivity index (χ1n) is 9.28. The molecule has 0 unspecified atom stereocenters. The summed E-state index contributed by atoms with van der Waals surface area (Å²) in [7, 11) is -0.474. The minimum atomic E-state index is -0.499. The minimum Gasteiger partial charge on any atom is -0.534 e. The van der Waals surface area contributed by atoms with Gasteiger partial charge in [-0.1, -0.05) is 12.6 Å². The monoisotopic (exact) mass is 373 g/mol. The summed E-state index contributed by atoms with van der Waals surface area (Å²) in [6.45, 7) is 16.0. The molecule has 0 N–H and O–H groups in total.